The average molecular weight is 475 g/mol. The van der Waals surface area contributed by atoms with Gasteiger partial charge in [-0.05, 0) is 37.3 Å². The van der Waals surface area contributed by atoms with Crippen LogP contribution >= 0.6 is 0 Å². The van der Waals surface area contributed by atoms with Gasteiger partial charge in [-0.3, -0.25) is 14.6 Å². The van der Waals surface area contributed by atoms with Gasteiger partial charge < -0.3 is 5.73 Å². The number of pyridine rings is 3. The van der Waals surface area contributed by atoms with Crippen LogP contribution in [0.25, 0.3) is 33.5 Å². The zero-order valence-corrected chi connectivity index (χ0v) is 19.5. The van der Waals surface area contributed by atoms with Crippen LogP contribution in [0.15, 0.2) is 48.9 Å². The fourth-order valence-corrected chi connectivity index (χ4v) is 5.10. The van der Waals surface area contributed by atoms with Crippen molar-refractivity contribution in [2.24, 2.45) is 0 Å². The Balaban J connectivity index is 1.60. The summed E-state index contributed by atoms with van der Waals surface area (Å²) >= 11 is 0. The van der Waals surface area contributed by atoms with Gasteiger partial charge in [0.25, 0.3) is 0 Å². The molecule has 5 heterocycles. The summed E-state index contributed by atoms with van der Waals surface area (Å²) in [6.45, 7) is 2.24. The van der Waals surface area contributed by atoms with Crippen LogP contribution in [0.3, 0.4) is 0 Å². The monoisotopic (exact) mass is 474 g/mol. The number of aryl methyl sites for hydroxylation is 1. The van der Waals surface area contributed by atoms with Gasteiger partial charge in [0, 0.05) is 42.6 Å². The molecule has 0 bridgehead atoms. The Morgan fingerprint density at radius 2 is 2.00 bits per heavy atom. The standard InChI is InChI=1S/C23H22N8O2S/c1-15-18(25)10-16(12-27-15)20-11-21-17(4-3-8-26-21)22(28-20)19-5-9-31(29-19)23(6-7-24)13-30(14-23)34(2,32)33/h3-5,8-12H,6,13-14,25H2,1-2H3. The minimum atomic E-state index is -3.33. The van der Waals surface area contributed by atoms with Crippen molar-refractivity contribution < 1.29 is 8.42 Å². The van der Waals surface area contributed by atoms with Crippen molar-refractivity contribution in [3.63, 3.8) is 0 Å². The maximum absolute atomic E-state index is 11.9. The zero-order valence-electron chi connectivity index (χ0n) is 18.7. The van der Waals surface area contributed by atoms with E-state index < -0.39 is 15.6 Å². The molecule has 5 rings (SSSR count). The van der Waals surface area contributed by atoms with Crippen LogP contribution in [0, 0.1) is 18.3 Å². The number of nitriles is 1. The molecule has 11 heteroatoms. The Morgan fingerprint density at radius 3 is 2.71 bits per heavy atom. The summed E-state index contributed by atoms with van der Waals surface area (Å²) in [5, 5.41) is 15.0. The average Bonchev–Trinajstić information content (AvgIpc) is 3.26. The van der Waals surface area contributed by atoms with E-state index in [9.17, 15) is 13.7 Å². The first-order chi connectivity index (χ1) is 16.2. The van der Waals surface area contributed by atoms with E-state index in [1.54, 1.807) is 23.3 Å². The summed E-state index contributed by atoms with van der Waals surface area (Å²) in [4.78, 5) is 13.7. The maximum Gasteiger partial charge on any atom is 0.211 e. The van der Waals surface area contributed by atoms with Crippen molar-refractivity contribution in [2.75, 3.05) is 25.1 Å². The van der Waals surface area contributed by atoms with E-state index in [0.717, 1.165) is 22.2 Å². The number of anilines is 1. The smallest absolute Gasteiger partial charge is 0.211 e. The van der Waals surface area contributed by atoms with Crippen molar-refractivity contribution >= 4 is 26.6 Å². The first-order valence-electron chi connectivity index (χ1n) is 10.6. The number of hydrogen-bond acceptors (Lipinski definition) is 8. The quantitative estimate of drug-likeness (QED) is 0.464. The fraction of sp³-hybridized carbons (Fsp3) is 0.261. The molecule has 0 saturated carbocycles. The molecule has 0 amide bonds. The molecule has 0 spiro atoms. The lowest BCUT2D eigenvalue weighted by atomic mass is 9.89. The van der Waals surface area contributed by atoms with Crippen LogP contribution in [0.5, 0.6) is 0 Å². The Bertz CT molecular complexity index is 1570. The highest BCUT2D eigenvalue weighted by molar-refractivity contribution is 7.88. The largest absolute Gasteiger partial charge is 0.397 e. The van der Waals surface area contributed by atoms with Crippen LogP contribution < -0.4 is 5.73 Å². The molecule has 0 radical (unpaired) electrons. The second-order valence-corrected chi connectivity index (χ2v) is 10.5. The van der Waals surface area contributed by atoms with Gasteiger partial charge in [0.15, 0.2) is 0 Å². The lowest BCUT2D eigenvalue weighted by Crippen LogP contribution is -2.63. The Labute approximate surface area is 196 Å². The van der Waals surface area contributed by atoms with E-state index in [1.807, 2.05) is 37.3 Å². The Kier molecular flexibility index (Phi) is 5.07. The van der Waals surface area contributed by atoms with Crippen LogP contribution in [-0.2, 0) is 15.6 Å². The van der Waals surface area contributed by atoms with E-state index in [1.165, 1.54) is 10.6 Å². The molecule has 1 aliphatic heterocycles. The number of nitrogen functional groups attached to an aromatic ring is 1. The van der Waals surface area contributed by atoms with Gasteiger partial charge in [0.2, 0.25) is 10.0 Å². The van der Waals surface area contributed by atoms with Crippen molar-refractivity contribution in [3.8, 4) is 28.7 Å². The van der Waals surface area contributed by atoms with Crippen LogP contribution in [0.1, 0.15) is 12.1 Å². The third-order valence-corrected chi connectivity index (χ3v) is 7.35. The Hall–Kier alpha value is -3.88. The first-order valence-corrected chi connectivity index (χ1v) is 12.4. The molecule has 172 valence electrons. The first kappa shape index (κ1) is 21.9. The van der Waals surface area contributed by atoms with Gasteiger partial charge in [-0.2, -0.15) is 14.7 Å². The predicted molar refractivity (Wildman–Crippen MR) is 128 cm³/mol. The number of nitrogens with zero attached hydrogens (tertiary/aromatic N) is 7. The highest BCUT2D eigenvalue weighted by Crippen LogP contribution is 2.36. The van der Waals surface area contributed by atoms with Crippen molar-refractivity contribution in [1.82, 2.24) is 29.0 Å². The second kappa shape index (κ2) is 7.86. The van der Waals surface area contributed by atoms with Crippen LogP contribution in [0.4, 0.5) is 5.69 Å². The molecule has 2 N–H and O–H groups in total. The second-order valence-electron chi connectivity index (χ2n) is 8.56. The number of hydrogen-bond donors (Lipinski definition) is 1. The summed E-state index contributed by atoms with van der Waals surface area (Å²) in [5.41, 5.74) is 10.1. The number of sulfonamides is 1. The molecule has 0 aliphatic carbocycles. The molecule has 0 atom stereocenters. The van der Waals surface area contributed by atoms with E-state index in [4.69, 9.17) is 15.8 Å². The minimum absolute atomic E-state index is 0.143. The highest BCUT2D eigenvalue weighted by Gasteiger charge is 2.49. The summed E-state index contributed by atoms with van der Waals surface area (Å²) in [7, 11) is -3.33. The lowest BCUT2D eigenvalue weighted by Gasteiger charge is -2.47. The molecule has 1 aliphatic rings. The zero-order chi connectivity index (χ0) is 24.1. The number of aromatic nitrogens is 5. The highest BCUT2D eigenvalue weighted by atomic mass is 32.2. The van der Waals surface area contributed by atoms with Crippen molar-refractivity contribution in [2.45, 2.75) is 18.9 Å². The van der Waals surface area contributed by atoms with E-state index in [2.05, 4.69) is 16.0 Å². The minimum Gasteiger partial charge on any atom is -0.397 e. The van der Waals surface area contributed by atoms with Gasteiger partial charge >= 0.3 is 0 Å². The normalized spacial score (nSPS) is 15.7. The van der Waals surface area contributed by atoms with Gasteiger partial charge in [-0.15, -0.1) is 0 Å². The summed E-state index contributed by atoms with van der Waals surface area (Å²) < 4.78 is 26.9. The molecule has 34 heavy (non-hydrogen) atoms. The molecular weight excluding hydrogens is 452 g/mol. The van der Waals surface area contributed by atoms with Crippen LogP contribution in [-0.4, -0.2) is 56.8 Å². The molecule has 10 nitrogen and oxygen atoms in total. The third-order valence-electron chi connectivity index (χ3n) is 6.16. The molecule has 0 unspecified atom stereocenters. The van der Waals surface area contributed by atoms with Gasteiger partial charge in [0.05, 0.1) is 41.3 Å². The molecule has 1 saturated heterocycles. The van der Waals surface area contributed by atoms with Gasteiger partial charge in [0.1, 0.15) is 16.9 Å². The summed E-state index contributed by atoms with van der Waals surface area (Å²) in [6.07, 6.45) is 6.52. The van der Waals surface area contributed by atoms with Crippen molar-refractivity contribution in [3.05, 3.63) is 54.6 Å². The third kappa shape index (κ3) is 3.67. The number of rotatable bonds is 5. The number of fused-ring (bicyclic) bond motifs is 1. The molecule has 4 aromatic heterocycles. The molecule has 0 aromatic carbocycles. The predicted octanol–water partition coefficient (Wildman–Crippen LogP) is 2.33. The molecule has 4 aromatic rings. The molecular formula is C23H22N8O2S. The van der Waals surface area contributed by atoms with E-state index >= 15 is 0 Å². The molecule has 1 fully saturated rings. The summed E-state index contributed by atoms with van der Waals surface area (Å²) in [5.74, 6) is 0. The maximum atomic E-state index is 11.9. The van der Waals surface area contributed by atoms with Gasteiger partial charge in [-0.1, -0.05) is 0 Å². The Morgan fingerprint density at radius 1 is 1.21 bits per heavy atom. The van der Waals surface area contributed by atoms with Gasteiger partial charge in [-0.25, -0.2) is 13.4 Å². The fourth-order valence-electron chi connectivity index (χ4n) is 4.15. The topological polar surface area (TPSA) is 144 Å². The van der Waals surface area contributed by atoms with Crippen LogP contribution in [0.2, 0.25) is 0 Å². The van der Waals surface area contributed by atoms with E-state index in [0.29, 0.717) is 22.8 Å². The van der Waals surface area contributed by atoms with Crippen molar-refractivity contribution in [1.29, 1.82) is 5.26 Å². The number of nitrogens with two attached hydrogens (primary N) is 1. The summed E-state index contributed by atoms with van der Waals surface area (Å²) in [6, 6.07) is 11.5. The SMILES string of the molecule is Cc1ncc(-c2cc3ncccc3c(-c3ccn(C4(CC#N)CN(S(C)(=O)=O)C4)n3)n2)cc1N. The van der Waals surface area contributed by atoms with E-state index in [-0.39, 0.29) is 19.5 Å². The lowest BCUT2D eigenvalue weighted by molar-refractivity contribution is 0.0726.